The fraction of sp³-hybridized carbons (Fsp3) is 0.417. The van der Waals surface area contributed by atoms with Crippen molar-refractivity contribution < 1.29 is 12.8 Å². The average molecular weight is 283 g/mol. The van der Waals surface area contributed by atoms with E-state index in [0.717, 1.165) is 6.42 Å². The van der Waals surface area contributed by atoms with Crippen molar-refractivity contribution >= 4 is 26.8 Å². The van der Waals surface area contributed by atoms with Gasteiger partial charge in [0.1, 0.15) is 5.82 Å². The van der Waals surface area contributed by atoms with Crippen LogP contribution in [0, 0.1) is 5.82 Å². The number of rotatable bonds is 2. The van der Waals surface area contributed by atoms with Crippen LogP contribution in [-0.4, -0.2) is 35.9 Å². The predicted molar refractivity (Wildman–Crippen MR) is 71.4 cm³/mol. The van der Waals surface area contributed by atoms with Gasteiger partial charge in [0, 0.05) is 6.04 Å². The number of aromatic nitrogens is 2. The maximum Gasteiger partial charge on any atom is 0.201 e. The third-order valence-electron chi connectivity index (χ3n) is 3.25. The molecule has 1 atom stereocenters. The first-order valence-electron chi connectivity index (χ1n) is 6.14. The second-order valence-corrected chi connectivity index (χ2v) is 7.07. The molecule has 5 nitrogen and oxygen atoms in total. The van der Waals surface area contributed by atoms with Gasteiger partial charge in [0.05, 0.1) is 22.5 Å². The number of hydrogen-bond donors (Lipinski definition) is 2. The number of imidazole rings is 1. The van der Waals surface area contributed by atoms with E-state index in [4.69, 9.17) is 0 Å². The normalized spacial score (nSPS) is 22.5. The standard InChI is InChI=1S/C12H14FN3O2S/c13-8-3-4-10-11(6-8)16-12(15-10)14-9-2-1-5-19(17,18)7-9/h3-4,6,9H,1-2,5,7H2,(H2,14,15,16). The van der Waals surface area contributed by atoms with E-state index in [-0.39, 0.29) is 23.4 Å². The number of anilines is 1. The second-order valence-electron chi connectivity index (χ2n) is 4.84. The molecular formula is C12H14FN3O2S. The van der Waals surface area contributed by atoms with Crippen molar-refractivity contribution in [1.29, 1.82) is 0 Å². The smallest absolute Gasteiger partial charge is 0.201 e. The van der Waals surface area contributed by atoms with Crippen molar-refractivity contribution in [3.63, 3.8) is 0 Å². The minimum atomic E-state index is -2.95. The minimum Gasteiger partial charge on any atom is -0.352 e. The Labute approximate surface area is 110 Å². The molecule has 1 aromatic heterocycles. The molecule has 7 heteroatoms. The first-order valence-corrected chi connectivity index (χ1v) is 7.96. The number of halogens is 1. The molecule has 2 N–H and O–H groups in total. The summed E-state index contributed by atoms with van der Waals surface area (Å²) in [6.45, 7) is 0. The van der Waals surface area contributed by atoms with Crippen LogP contribution < -0.4 is 5.32 Å². The zero-order valence-corrected chi connectivity index (χ0v) is 11.0. The number of nitrogens with one attached hydrogen (secondary N) is 2. The number of H-pyrrole nitrogens is 1. The summed E-state index contributed by atoms with van der Waals surface area (Å²) in [5.41, 5.74) is 1.25. The van der Waals surface area contributed by atoms with Gasteiger partial charge in [-0.15, -0.1) is 0 Å². The Bertz CT molecular complexity index is 711. The summed E-state index contributed by atoms with van der Waals surface area (Å²) in [6.07, 6.45) is 1.46. The van der Waals surface area contributed by atoms with E-state index in [9.17, 15) is 12.8 Å². The van der Waals surface area contributed by atoms with Crippen LogP contribution in [0.5, 0.6) is 0 Å². The van der Waals surface area contributed by atoms with Gasteiger partial charge in [-0.05, 0) is 31.0 Å². The Hall–Kier alpha value is -1.63. The molecule has 0 spiro atoms. The number of nitrogens with zero attached hydrogens (tertiary/aromatic N) is 1. The summed E-state index contributed by atoms with van der Waals surface area (Å²) in [5, 5.41) is 3.08. The van der Waals surface area contributed by atoms with Crippen molar-refractivity contribution in [1.82, 2.24) is 9.97 Å². The van der Waals surface area contributed by atoms with E-state index < -0.39 is 9.84 Å². The van der Waals surface area contributed by atoms with Gasteiger partial charge in [-0.1, -0.05) is 0 Å². The van der Waals surface area contributed by atoms with E-state index in [1.807, 2.05) is 0 Å². The second kappa shape index (κ2) is 4.48. The van der Waals surface area contributed by atoms with E-state index in [1.54, 1.807) is 6.07 Å². The Kier molecular flexibility index (Phi) is 2.93. The van der Waals surface area contributed by atoms with E-state index in [2.05, 4.69) is 15.3 Å². The Balaban J connectivity index is 1.81. The molecule has 1 saturated heterocycles. The number of fused-ring (bicyclic) bond motifs is 1. The summed E-state index contributed by atoms with van der Waals surface area (Å²) >= 11 is 0. The Morgan fingerprint density at radius 2 is 2.26 bits per heavy atom. The molecule has 1 aliphatic rings. The van der Waals surface area contributed by atoms with Crippen LogP contribution in [0.25, 0.3) is 11.0 Å². The summed E-state index contributed by atoms with van der Waals surface area (Å²) in [4.78, 5) is 7.22. The SMILES string of the molecule is O=S1(=O)CCCC(Nc2nc3ccc(F)cc3[nH]2)C1. The third-order valence-corrected chi connectivity index (χ3v) is 5.07. The van der Waals surface area contributed by atoms with E-state index >= 15 is 0 Å². The van der Waals surface area contributed by atoms with Gasteiger partial charge in [-0.2, -0.15) is 0 Å². The van der Waals surface area contributed by atoms with Gasteiger partial charge in [0.2, 0.25) is 5.95 Å². The summed E-state index contributed by atoms with van der Waals surface area (Å²) < 4.78 is 36.2. The third kappa shape index (κ3) is 2.70. The van der Waals surface area contributed by atoms with Crippen molar-refractivity contribution in [3.05, 3.63) is 24.0 Å². The lowest BCUT2D eigenvalue weighted by atomic mass is 10.2. The molecule has 102 valence electrons. The molecular weight excluding hydrogens is 269 g/mol. The van der Waals surface area contributed by atoms with Crippen LogP contribution in [0.1, 0.15) is 12.8 Å². The van der Waals surface area contributed by atoms with Crippen LogP contribution in [0.4, 0.5) is 10.3 Å². The van der Waals surface area contributed by atoms with Crippen LogP contribution >= 0.6 is 0 Å². The zero-order chi connectivity index (χ0) is 13.5. The van der Waals surface area contributed by atoms with E-state index in [0.29, 0.717) is 23.4 Å². The summed E-state index contributed by atoms with van der Waals surface area (Å²) in [6, 6.07) is 4.16. The highest BCUT2D eigenvalue weighted by molar-refractivity contribution is 7.91. The van der Waals surface area contributed by atoms with Gasteiger partial charge in [0.25, 0.3) is 0 Å². The summed E-state index contributed by atoms with van der Waals surface area (Å²) in [5.74, 6) is 0.542. The Morgan fingerprint density at radius 3 is 3.05 bits per heavy atom. The molecule has 1 aromatic carbocycles. The van der Waals surface area contributed by atoms with Crippen LogP contribution in [-0.2, 0) is 9.84 Å². The number of benzene rings is 1. The highest BCUT2D eigenvalue weighted by atomic mass is 32.2. The predicted octanol–water partition coefficient (Wildman–Crippen LogP) is 1.69. The fourth-order valence-corrected chi connectivity index (χ4v) is 4.02. The van der Waals surface area contributed by atoms with Gasteiger partial charge >= 0.3 is 0 Å². The number of aromatic amines is 1. The van der Waals surface area contributed by atoms with Gasteiger partial charge in [0.15, 0.2) is 9.84 Å². The van der Waals surface area contributed by atoms with Crippen LogP contribution in [0.3, 0.4) is 0 Å². The molecule has 3 rings (SSSR count). The fourth-order valence-electron chi connectivity index (χ4n) is 2.38. The lowest BCUT2D eigenvalue weighted by Gasteiger charge is -2.22. The largest absolute Gasteiger partial charge is 0.352 e. The van der Waals surface area contributed by atoms with E-state index in [1.165, 1.54) is 12.1 Å². The average Bonchev–Trinajstić information content (AvgIpc) is 2.68. The molecule has 0 aliphatic carbocycles. The van der Waals surface area contributed by atoms with Crippen molar-refractivity contribution in [2.45, 2.75) is 18.9 Å². The molecule has 0 radical (unpaired) electrons. The topological polar surface area (TPSA) is 74.8 Å². The van der Waals surface area contributed by atoms with Gasteiger partial charge in [-0.3, -0.25) is 0 Å². The maximum atomic E-state index is 13.1. The molecule has 0 saturated carbocycles. The van der Waals surface area contributed by atoms with Gasteiger partial charge in [-0.25, -0.2) is 17.8 Å². The minimum absolute atomic E-state index is 0.123. The number of sulfone groups is 1. The first kappa shape index (κ1) is 12.4. The molecule has 1 unspecified atom stereocenters. The molecule has 2 heterocycles. The number of hydrogen-bond acceptors (Lipinski definition) is 4. The first-order chi connectivity index (χ1) is 9.02. The lowest BCUT2D eigenvalue weighted by molar-refractivity contribution is 0.561. The van der Waals surface area contributed by atoms with Crippen molar-refractivity contribution in [2.24, 2.45) is 0 Å². The summed E-state index contributed by atoms with van der Waals surface area (Å²) in [7, 11) is -2.95. The molecule has 2 aromatic rings. The maximum absolute atomic E-state index is 13.1. The van der Waals surface area contributed by atoms with Crippen molar-refractivity contribution in [3.8, 4) is 0 Å². The lowest BCUT2D eigenvalue weighted by Crippen LogP contribution is -2.35. The Morgan fingerprint density at radius 1 is 1.42 bits per heavy atom. The quantitative estimate of drug-likeness (QED) is 0.879. The van der Waals surface area contributed by atoms with Crippen LogP contribution in [0.2, 0.25) is 0 Å². The van der Waals surface area contributed by atoms with Gasteiger partial charge < -0.3 is 10.3 Å². The zero-order valence-electron chi connectivity index (χ0n) is 10.2. The molecule has 1 fully saturated rings. The molecule has 1 aliphatic heterocycles. The molecule has 0 bridgehead atoms. The molecule has 19 heavy (non-hydrogen) atoms. The highest BCUT2D eigenvalue weighted by Gasteiger charge is 2.25. The highest BCUT2D eigenvalue weighted by Crippen LogP contribution is 2.19. The van der Waals surface area contributed by atoms with Crippen molar-refractivity contribution in [2.75, 3.05) is 16.8 Å². The molecule has 0 amide bonds. The monoisotopic (exact) mass is 283 g/mol. The van der Waals surface area contributed by atoms with Crippen LogP contribution in [0.15, 0.2) is 18.2 Å².